The van der Waals surface area contributed by atoms with Crippen molar-refractivity contribution in [2.45, 2.75) is 20.0 Å². The number of nitrogens with zero attached hydrogens (tertiary/aromatic N) is 2. The first kappa shape index (κ1) is 22.2. The zero-order valence-corrected chi connectivity index (χ0v) is 18.0. The van der Waals surface area contributed by atoms with Crippen LogP contribution in [0.25, 0.3) is 22.4 Å². The molecule has 0 aliphatic rings. The third-order valence-electron chi connectivity index (χ3n) is 5.07. The number of fused-ring (bicyclic) bond motifs is 1. The number of carbonyl (C=O) groups is 1. The Bertz CT molecular complexity index is 1280. The van der Waals surface area contributed by atoms with E-state index in [1.54, 1.807) is 25.1 Å². The van der Waals surface area contributed by atoms with Crippen LogP contribution in [0.2, 0.25) is 0 Å². The van der Waals surface area contributed by atoms with Crippen LogP contribution in [-0.2, 0) is 6.42 Å². The summed E-state index contributed by atoms with van der Waals surface area (Å²) in [6.07, 6.45) is 0.401. The number of carbonyl (C=O) groups excluding carboxylic acids is 1. The average Bonchev–Trinajstić information content (AvgIpc) is 3.19. The summed E-state index contributed by atoms with van der Waals surface area (Å²) >= 11 is 0. The molecule has 0 unspecified atom stereocenters. The van der Waals surface area contributed by atoms with Crippen molar-refractivity contribution in [2.75, 3.05) is 13.7 Å². The predicted molar refractivity (Wildman–Crippen MR) is 118 cm³/mol. The summed E-state index contributed by atoms with van der Waals surface area (Å²) in [7, 11) is 1.37. The number of hydrogen-bond donors (Lipinski definition) is 1. The van der Waals surface area contributed by atoms with Crippen LogP contribution < -0.4 is 14.8 Å². The quantitative estimate of drug-likeness (QED) is 0.413. The molecule has 0 atom stereocenters. The van der Waals surface area contributed by atoms with E-state index < -0.39 is 6.61 Å². The highest BCUT2D eigenvalue weighted by atomic mass is 19.3. The average molecular weight is 453 g/mol. The Hall–Kier alpha value is -4.01. The number of aromatic nitrogens is 2. The second-order valence-electron chi connectivity index (χ2n) is 7.24. The number of halogens is 2. The summed E-state index contributed by atoms with van der Waals surface area (Å²) in [4.78, 5) is 17.5. The zero-order valence-electron chi connectivity index (χ0n) is 18.0. The van der Waals surface area contributed by atoms with Gasteiger partial charge in [-0.2, -0.15) is 8.78 Å². The SMILES string of the molecule is COc1ccc(CCNC(=O)c2cc(-c3ccccc3)nc3onc(C)c23)cc1OC(F)F. The molecular formula is C24H21F2N3O4. The first-order valence-corrected chi connectivity index (χ1v) is 10.2. The summed E-state index contributed by atoms with van der Waals surface area (Å²) in [5.74, 6) is -0.165. The molecule has 9 heteroatoms. The third kappa shape index (κ3) is 4.92. The van der Waals surface area contributed by atoms with Gasteiger partial charge in [0.05, 0.1) is 29.4 Å². The number of hydrogen-bond acceptors (Lipinski definition) is 6. The van der Waals surface area contributed by atoms with Gasteiger partial charge in [0.15, 0.2) is 11.5 Å². The van der Waals surface area contributed by atoms with Crippen molar-refractivity contribution < 1.29 is 27.6 Å². The highest BCUT2D eigenvalue weighted by Crippen LogP contribution is 2.30. The Balaban J connectivity index is 1.53. The molecule has 0 saturated heterocycles. The highest BCUT2D eigenvalue weighted by Gasteiger charge is 2.19. The van der Waals surface area contributed by atoms with Crippen molar-refractivity contribution in [3.05, 3.63) is 71.4 Å². The Morgan fingerprint density at radius 2 is 1.91 bits per heavy atom. The highest BCUT2D eigenvalue weighted by molar-refractivity contribution is 6.07. The molecule has 0 aliphatic carbocycles. The van der Waals surface area contributed by atoms with Crippen LogP contribution in [-0.4, -0.2) is 36.3 Å². The summed E-state index contributed by atoms with van der Waals surface area (Å²) in [5.41, 5.74) is 3.38. The molecule has 1 N–H and O–H groups in total. The minimum absolute atomic E-state index is 0.0558. The molecule has 4 aromatic rings. The monoisotopic (exact) mass is 453 g/mol. The molecule has 1 amide bonds. The van der Waals surface area contributed by atoms with Gasteiger partial charge in [-0.05, 0) is 37.1 Å². The smallest absolute Gasteiger partial charge is 0.387 e. The van der Waals surface area contributed by atoms with Crippen molar-refractivity contribution >= 4 is 17.0 Å². The van der Waals surface area contributed by atoms with Crippen LogP contribution in [0.1, 0.15) is 21.6 Å². The van der Waals surface area contributed by atoms with Crippen LogP contribution in [0, 0.1) is 6.92 Å². The number of nitrogens with one attached hydrogen (secondary N) is 1. The maximum Gasteiger partial charge on any atom is 0.387 e. The molecule has 0 bridgehead atoms. The van der Waals surface area contributed by atoms with Crippen LogP contribution in [0.4, 0.5) is 8.78 Å². The maximum atomic E-state index is 13.0. The molecule has 0 fully saturated rings. The van der Waals surface area contributed by atoms with Gasteiger partial charge in [0, 0.05) is 12.1 Å². The van der Waals surface area contributed by atoms with Crippen molar-refractivity contribution in [3.63, 3.8) is 0 Å². The number of methoxy groups -OCH3 is 1. The number of ether oxygens (including phenoxy) is 2. The van der Waals surface area contributed by atoms with E-state index in [0.717, 1.165) is 5.56 Å². The van der Waals surface area contributed by atoms with Gasteiger partial charge in [-0.1, -0.05) is 41.6 Å². The van der Waals surface area contributed by atoms with Crippen molar-refractivity contribution in [3.8, 4) is 22.8 Å². The first-order valence-electron chi connectivity index (χ1n) is 10.2. The summed E-state index contributed by atoms with van der Waals surface area (Å²) < 4.78 is 40.2. The molecule has 2 aromatic heterocycles. The summed E-state index contributed by atoms with van der Waals surface area (Å²) in [6, 6.07) is 15.9. The number of amides is 1. The fourth-order valence-corrected chi connectivity index (χ4v) is 3.51. The van der Waals surface area contributed by atoms with Crippen molar-refractivity contribution in [1.82, 2.24) is 15.5 Å². The molecule has 0 aliphatic heterocycles. The molecule has 170 valence electrons. The maximum absolute atomic E-state index is 13.0. The van der Waals surface area contributed by atoms with Crippen molar-refractivity contribution in [2.24, 2.45) is 0 Å². The van der Waals surface area contributed by atoms with Gasteiger partial charge in [0.2, 0.25) is 0 Å². The molecule has 0 radical (unpaired) electrons. The lowest BCUT2D eigenvalue weighted by Crippen LogP contribution is -2.26. The zero-order chi connectivity index (χ0) is 23.4. The Morgan fingerprint density at radius 1 is 1.12 bits per heavy atom. The van der Waals surface area contributed by atoms with Crippen LogP contribution in [0.3, 0.4) is 0 Å². The molecule has 33 heavy (non-hydrogen) atoms. The van der Waals surface area contributed by atoms with Gasteiger partial charge in [-0.25, -0.2) is 4.98 Å². The van der Waals surface area contributed by atoms with Gasteiger partial charge in [-0.15, -0.1) is 0 Å². The Labute approximate surface area is 188 Å². The van der Waals surface area contributed by atoms with Crippen LogP contribution >= 0.6 is 0 Å². The standard InChI is InChI=1S/C24H21F2N3O4/c1-14-21-17(13-18(28-23(21)33-29-14)16-6-4-3-5-7-16)22(30)27-11-10-15-8-9-19(31-2)20(12-15)32-24(25)26/h3-9,12-13,24H,10-11H2,1-2H3,(H,27,30). The normalized spacial score (nSPS) is 11.1. The number of pyridine rings is 1. The number of aryl methyl sites for hydroxylation is 1. The van der Waals surface area contributed by atoms with Gasteiger partial charge in [0.25, 0.3) is 11.6 Å². The van der Waals surface area contributed by atoms with E-state index in [4.69, 9.17) is 9.26 Å². The van der Waals surface area contributed by atoms with E-state index in [-0.39, 0.29) is 29.7 Å². The first-order chi connectivity index (χ1) is 16.0. The fourth-order valence-electron chi connectivity index (χ4n) is 3.51. The number of rotatable bonds is 8. The van der Waals surface area contributed by atoms with Crippen LogP contribution in [0.15, 0.2) is 59.1 Å². The second-order valence-corrected chi connectivity index (χ2v) is 7.24. The van der Waals surface area contributed by atoms with Gasteiger partial charge in [-0.3, -0.25) is 4.79 Å². The van der Waals surface area contributed by atoms with Gasteiger partial charge in [0.1, 0.15) is 0 Å². The van der Waals surface area contributed by atoms with Gasteiger partial charge < -0.3 is 19.3 Å². The van der Waals surface area contributed by atoms with E-state index >= 15 is 0 Å². The predicted octanol–water partition coefficient (Wildman–Crippen LogP) is 4.78. The number of alkyl halides is 2. The lowest BCUT2D eigenvalue weighted by atomic mass is 10.0. The minimum atomic E-state index is -2.96. The lowest BCUT2D eigenvalue weighted by molar-refractivity contribution is -0.0512. The molecule has 0 saturated carbocycles. The largest absolute Gasteiger partial charge is 0.493 e. The second kappa shape index (κ2) is 9.64. The van der Waals surface area contributed by atoms with Crippen LogP contribution in [0.5, 0.6) is 11.5 Å². The van der Waals surface area contributed by atoms with E-state index in [0.29, 0.717) is 34.3 Å². The fraction of sp³-hybridized carbons (Fsp3) is 0.208. The molecule has 7 nitrogen and oxygen atoms in total. The van der Waals surface area contributed by atoms with Crippen molar-refractivity contribution in [1.29, 1.82) is 0 Å². The lowest BCUT2D eigenvalue weighted by Gasteiger charge is -2.12. The Morgan fingerprint density at radius 3 is 2.64 bits per heavy atom. The Kier molecular flexibility index (Phi) is 6.48. The van der Waals surface area contributed by atoms with E-state index in [1.165, 1.54) is 13.2 Å². The summed E-state index contributed by atoms with van der Waals surface area (Å²) in [6.45, 7) is -0.948. The van der Waals surface area contributed by atoms with E-state index in [1.807, 2.05) is 30.3 Å². The number of benzene rings is 2. The molecule has 2 heterocycles. The van der Waals surface area contributed by atoms with E-state index in [9.17, 15) is 13.6 Å². The third-order valence-corrected chi connectivity index (χ3v) is 5.07. The minimum Gasteiger partial charge on any atom is -0.493 e. The summed E-state index contributed by atoms with van der Waals surface area (Å²) in [5, 5.41) is 7.36. The molecule has 4 rings (SSSR count). The molecule has 2 aromatic carbocycles. The topological polar surface area (TPSA) is 86.5 Å². The molecular weight excluding hydrogens is 432 g/mol. The molecule has 0 spiro atoms. The van der Waals surface area contributed by atoms with Gasteiger partial charge >= 0.3 is 6.61 Å². The van der Waals surface area contributed by atoms with E-state index in [2.05, 4.69) is 20.2 Å².